The minimum atomic E-state index is -0.152. The van der Waals surface area contributed by atoms with Crippen molar-refractivity contribution in [1.29, 1.82) is 0 Å². The lowest BCUT2D eigenvalue weighted by atomic mass is 10.1. The van der Waals surface area contributed by atoms with Crippen molar-refractivity contribution in [2.45, 2.75) is 26.3 Å². The summed E-state index contributed by atoms with van der Waals surface area (Å²) in [6.45, 7) is 7.93. The average Bonchev–Trinajstić information content (AvgIpc) is 2.71. The van der Waals surface area contributed by atoms with Crippen LogP contribution >= 0.6 is 11.6 Å². The second-order valence-corrected chi connectivity index (χ2v) is 6.37. The highest BCUT2D eigenvalue weighted by atomic mass is 35.5. The lowest BCUT2D eigenvalue weighted by molar-refractivity contribution is 0.366. The molecule has 1 N–H and O–H groups in total. The quantitative estimate of drug-likeness (QED) is 0.877. The molecule has 0 spiro atoms. The van der Waals surface area contributed by atoms with Gasteiger partial charge in [0.2, 0.25) is 5.28 Å². The minimum absolute atomic E-state index is 0.152. The Morgan fingerprint density at radius 2 is 2.00 bits per heavy atom. The molecule has 0 aromatic carbocycles. The highest BCUT2D eigenvalue weighted by Crippen LogP contribution is 2.25. The number of hydrogen-bond donors (Lipinski definition) is 1. The Hall–Kier alpha value is -1.40. The van der Waals surface area contributed by atoms with Gasteiger partial charge in [-0.05, 0) is 46.5 Å². The highest BCUT2D eigenvalue weighted by molar-refractivity contribution is 6.28. The zero-order valence-corrected chi connectivity index (χ0v) is 13.4. The molecule has 0 saturated heterocycles. The van der Waals surface area contributed by atoms with Crippen LogP contribution in [0.3, 0.4) is 0 Å². The van der Waals surface area contributed by atoms with Gasteiger partial charge in [-0.2, -0.15) is 15.1 Å². The van der Waals surface area contributed by atoms with Crippen molar-refractivity contribution in [3.63, 3.8) is 0 Å². The zero-order chi connectivity index (χ0) is 14.9. The number of halogens is 1. The van der Waals surface area contributed by atoms with Crippen molar-refractivity contribution < 1.29 is 0 Å². The molecule has 2 aromatic rings. The molecule has 0 aliphatic heterocycles. The van der Waals surface area contributed by atoms with Crippen molar-refractivity contribution in [3.8, 4) is 0 Å². The molecule has 110 valence electrons. The first kappa shape index (κ1) is 15.0. The van der Waals surface area contributed by atoms with E-state index in [0.717, 1.165) is 29.9 Å². The van der Waals surface area contributed by atoms with Gasteiger partial charge in [-0.1, -0.05) is 0 Å². The predicted octanol–water partition coefficient (Wildman–Crippen LogP) is 2.21. The number of anilines is 1. The van der Waals surface area contributed by atoms with Gasteiger partial charge in [0, 0.05) is 13.1 Å². The van der Waals surface area contributed by atoms with Gasteiger partial charge >= 0.3 is 0 Å². The van der Waals surface area contributed by atoms with E-state index < -0.39 is 0 Å². The second-order valence-electron chi connectivity index (χ2n) is 6.04. The van der Waals surface area contributed by atoms with E-state index in [4.69, 9.17) is 11.6 Å². The minimum Gasteiger partial charge on any atom is -0.368 e. The maximum atomic E-state index is 6.03. The first-order chi connectivity index (χ1) is 9.29. The average molecular weight is 297 g/mol. The van der Waals surface area contributed by atoms with E-state index in [0.29, 0.717) is 0 Å². The highest BCUT2D eigenvalue weighted by Gasteiger charge is 2.20. The number of nitrogens with zero attached hydrogens (tertiary/aromatic N) is 5. The van der Waals surface area contributed by atoms with Crippen LogP contribution in [0, 0.1) is 0 Å². The van der Waals surface area contributed by atoms with Crippen LogP contribution in [0.4, 0.5) is 5.82 Å². The molecule has 2 rings (SSSR count). The number of nitrogens with one attached hydrogen (secondary N) is 1. The predicted molar refractivity (Wildman–Crippen MR) is 82.4 cm³/mol. The fraction of sp³-hybridized carbons (Fsp3) is 0.615. The number of fused-ring (bicyclic) bond motifs is 1. The summed E-state index contributed by atoms with van der Waals surface area (Å²) >= 11 is 6.03. The number of hydrogen-bond acceptors (Lipinski definition) is 5. The van der Waals surface area contributed by atoms with Crippen LogP contribution in [0.25, 0.3) is 11.0 Å². The Bertz CT molecular complexity index is 599. The standard InChI is InChI=1S/C13H21ClN6/c1-13(2,3)20-11-9(8-16-20)10(17-12(14)18-11)15-6-7-19(4)5/h8H,6-7H2,1-5H3,(H,15,17,18). The summed E-state index contributed by atoms with van der Waals surface area (Å²) < 4.78 is 1.87. The van der Waals surface area contributed by atoms with E-state index >= 15 is 0 Å². The van der Waals surface area contributed by atoms with Gasteiger partial charge in [-0.3, -0.25) is 0 Å². The summed E-state index contributed by atoms with van der Waals surface area (Å²) in [5.74, 6) is 0.734. The molecule has 2 heterocycles. The lowest BCUT2D eigenvalue weighted by Gasteiger charge is -2.19. The van der Waals surface area contributed by atoms with Crippen molar-refractivity contribution in [2.75, 3.05) is 32.5 Å². The number of likely N-dealkylation sites (N-methyl/N-ethyl adjacent to an activating group) is 1. The molecule has 0 bridgehead atoms. The van der Waals surface area contributed by atoms with Crippen LogP contribution in [0.2, 0.25) is 5.28 Å². The molecule has 0 atom stereocenters. The van der Waals surface area contributed by atoms with Crippen LogP contribution in [0.5, 0.6) is 0 Å². The fourth-order valence-electron chi connectivity index (χ4n) is 1.91. The van der Waals surface area contributed by atoms with Crippen LogP contribution in [0.1, 0.15) is 20.8 Å². The Balaban J connectivity index is 2.38. The summed E-state index contributed by atoms with van der Waals surface area (Å²) in [4.78, 5) is 10.7. The molecular weight excluding hydrogens is 276 g/mol. The van der Waals surface area contributed by atoms with E-state index in [1.807, 2.05) is 18.8 Å². The molecule has 2 aromatic heterocycles. The van der Waals surface area contributed by atoms with Gasteiger partial charge in [0.1, 0.15) is 5.82 Å². The molecule has 0 radical (unpaired) electrons. The van der Waals surface area contributed by atoms with E-state index in [-0.39, 0.29) is 10.8 Å². The van der Waals surface area contributed by atoms with Gasteiger partial charge in [-0.25, -0.2) is 4.68 Å². The summed E-state index contributed by atoms with van der Waals surface area (Å²) in [6.07, 6.45) is 1.79. The molecule has 6 nitrogen and oxygen atoms in total. The Labute approximate surface area is 124 Å². The Kier molecular flexibility index (Phi) is 4.15. The third-order valence-corrected chi connectivity index (χ3v) is 3.06. The molecule has 0 amide bonds. The van der Waals surface area contributed by atoms with Crippen LogP contribution < -0.4 is 5.32 Å². The SMILES string of the molecule is CN(C)CCNc1nc(Cl)nc2c1cnn2C(C)(C)C. The fourth-order valence-corrected chi connectivity index (χ4v) is 2.07. The van der Waals surface area contributed by atoms with Gasteiger partial charge in [0.15, 0.2) is 5.65 Å². The first-order valence-electron chi connectivity index (χ1n) is 6.59. The maximum absolute atomic E-state index is 6.03. The zero-order valence-electron chi connectivity index (χ0n) is 12.6. The smallest absolute Gasteiger partial charge is 0.226 e. The molecule has 7 heteroatoms. The largest absolute Gasteiger partial charge is 0.368 e. The molecular formula is C13H21ClN6. The summed E-state index contributed by atoms with van der Waals surface area (Å²) in [5.41, 5.74) is 0.602. The van der Waals surface area contributed by atoms with E-state index in [2.05, 4.69) is 46.1 Å². The monoisotopic (exact) mass is 296 g/mol. The van der Waals surface area contributed by atoms with Crippen molar-refractivity contribution in [2.24, 2.45) is 0 Å². The van der Waals surface area contributed by atoms with Crippen molar-refractivity contribution >= 4 is 28.5 Å². The Morgan fingerprint density at radius 1 is 1.30 bits per heavy atom. The van der Waals surface area contributed by atoms with E-state index in [1.165, 1.54) is 0 Å². The summed E-state index contributed by atoms with van der Waals surface area (Å²) in [7, 11) is 4.06. The van der Waals surface area contributed by atoms with Gasteiger partial charge in [-0.15, -0.1) is 0 Å². The summed E-state index contributed by atoms with van der Waals surface area (Å²) in [5, 5.41) is 8.83. The van der Waals surface area contributed by atoms with E-state index in [1.54, 1.807) is 6.20 Å². The number of rotatable bonds is 4. The molecule has 0 aliphatic carbocycles. The van der Waals surface area contributed by atoms with Gasteiger partial charge < -0.3 is 10.2 Å². The summed E-state index contributed by atoms with van der Waals surface area (Å²) in [6, 6.07) is 0. The topological polar surface area (TPSA) is 58.9 Å². The molecule has 0 fully saturated rings. The van der Waals surface area contributed by atoms with Crippen molar-refractivity contribution in [3.05, 3.63) is 11.5 Å². The maximum Gasteiger partial charge on any atom is 0.226 e. The molecule has 0 aliphatic rings. The molecule has 0 saturated carbocycles. The normalized spacial score (nSPS) is 12.3. The second kappa shape index (κ2) is 5.54. The molecule has 0 unspecified atom stereocenters. The third-order valence-electron chi connectivity index (χ3n) is 2.89. The van der Waals surface area contributed by atoms with Gasteiger partial charge in [0.05, 0.1) is 17.1 Å². The number of aromatic nitrogens is 4. The lowest BCUT2D eigenvalue weighted by Crippen LogP contribution is -2.23. The van der Waals surface area contributed by atoms with Crippen molar-refractivity contribution in [1.82, 2.24) is 24.6 Å². The van der Waals surface area contributed by atoms with Crippen LogP contribution in [-0.4, -0.2) is 51.8 Å². The first-order valence-corrected chi connectivity index (χ1v) is 6.97. The Morgan fingerprint density at radius 3 is 2.60 bits per heavy atom. The third kappa shape index (κ3) is 3.19. The molecule has 20 heavy (non-hydrogen) atoms. The van der Waals surface area contributed by atoms with Crippen LogP contribution in [0.15, 0.2) is 6.20 Å². The van der Waals surface area contributed by atoms with E-state index in [9.17, 15) is 0 Å². The van der Waals surface area contributed by atoms with Crippen LogP contribution in [-0.2, 0) is 5.54 Å². The van der Waals surface area contributed by atoms with Gasteiger partial charge in [0.25, 0.3) is 0 Å².